The summed E-state index contributed by atoms with van der Waals surface area (Å²) in [5.74, 6) is -0.376. The van der Waals surface area contributed by atoms with Crippen LogP contribution in [0.2, 0.25) is 0 Å². The van der Waals surface area contributed by atoms with Crippen LogP contribution in [0.15, 0.2) is 60.7 Å². The van der Waals surface area contributed by atoms with E-state index in [2.05, 4.69) is 5.32 Å². The summed E-state index contributed by atoms with van der Waals surface area (Å²) in [4.78, 5) is 12.8. The molecule has 2 aromatic carbocycles. The highest BCUT2D eigenvalue weighted by molar-refractivity contribution is 5.87. The van der Waals surface area contributed by atoms with Crippen LogP contribution in [0.25, 0.3) is 0 Å². The molecule has 0 aromatic heterocycles. The van der Waals surface area contributed by atoms with Crippen LogP contribution >= 0.6 is 0 Å². The van der Waals surface area contributed by atoms with Gasteiger partial charge in [0.1, 0.15) is 0 Å². The van der Waals surface area contributed by atoms with Gasteiger partial charge in [-0.15, -0.1) is 0 Å². The summed E-state index contributed by atoms with van der Waals surface area (Å²) in [6.45, 7) is 0. The van der Waals surface area contributed by atoms with Crippen molar-refractivity contribution in [3.63, 3.8) is 0 Å². The van der Waals surface area contributed by atoms with Gasteiger partial charge in [-0.1, -0.05) is 60.7 Å². The lowest BCUT2D eigenvalue weighted by Crippen LogP contribution is -2.42. The van der Waals surface area contributed by atoms with E-state index in [-0.39, 0.29) is 17.9 Å². The Balaban J connectivity index is 1.87. The number of amides is 1. The zero-order valence-corrected chi connectivity index (χ0v) is 12.5. The number of carbonyl (C=O) groups excluding carboxylic acids is 1. The fourth-order valence-electron chi connectivity index (χ4n) is 3.16. The largest absolute Gasteiger partial charge is 0.391 e. The standard InChI is InChI=1S/C19H21NO2/c21-17-13-7-12-16(17)20-19(22)18(14-8-3-1-4-9-14)15-10-5-2-6-11-15/h1-6,8-11,16-18,21H,7,12-13H2,(H,20,22). The molecule has 0 saturated heterocycles. The normalized spacial score (nSPS) is 21.0. The molecule has 0 bridgehead atoms. The molecule has 1 saturated carbocycles. The average Bonchev–Trinajstić information content (AvgIpc) is 2.95. The number of aliphatic hydroxyl groups excluding tert-OH is 1. The molecule has 1 amide bonds. The number of benzene rings is 2. The highest BCUT2D eigenvalue weighted by Crippen LogP contribution is 2.26. The summed E-state index contributed by atoms with van der Waals surface area (Å²) in [5.41, 5.74) is 1.94. The molecule has 2 unspecified atom stereocenters. The summed E-state index contributed by atoms with van der Waals surface area (Å²) in [6.07, 6.45) is 2.17. The van der Waals surface area contributed by atoms with E-state index in [1.54, 1.807) is 0 Å². The van der Waals surface area contributed by atoms with Crippen molar-refractivity contribution in [2.75, 3.05) is 0 Å². The number of hydrogen-bond donors (Lipinski definition) is 2. The molecule has 0 heterocycles. The third-order valence-corrected chi connectivity index (χ3v) is 4.34. The predicted octanol–water partition coefficient (Wildman–Crippen LogP) is 2.85. The number of carbonyl (C=O) groups is 1. The molecule has 1 fully saturated rings. The number of nitrogens with one attached hydrogen (secondary N) is 1. The van der Waals surface area contributed by atoms with E-state index in [0.717, 1.165) is 30.4 Å². The van der Waals surface area contributed by atoms with Crippen LogP contribution < -0.4 is 5.32 Å². The van der Waals surface area contributed by atoms with Crippen LogP contribution in [-0.2, 0) is 4.79 Å². The SMILES string of the molecule is O=C(NC1CCCC1O)C(c1ccccc1)c1ccccc1. The first-order valence-corrected chi connectivity index (χ1v) is 7.84. The van der Waals surface area contributed by atoms with Crippen molar-refractivity contribution >= 4 is 5.91 Å². The van der Waals surface area contributed by atoms with Crippen LogP contribution in [0.5, 0.6) is 0 Å². The van der Waals surface area contributed by atoms with Gasteiger partial charge in [-0.2, -0.15) is 0 Å². The molecule has 2 N–H and O–H groups in total. The van der Waals surface area contributed by atoms with Crippen molar-refractivity contribution in [3.05, 3.63) is 71.8 Å². The van der Waals surface area contributed by atoms with Gasteiger partial charge in [-0.05, 0) is 30.4 Å². The molecule has 3 heteroatoms. The van der Waals surface area contributed by atoms with Crippen molar-refractivity contribution in [1.82, 2.24) is 5.32 Å². The maximum atomic E-state index is 12.8. The van der Waals surface area contributed by atoms with Crippen molar-refractivity contribution in [2.24, 2.45) is 0 Å². The van der Waals surface area contributed by atoms with E-state index in [0.29, 0.717) is 0 Å². The number of aliphatic hydroxyl groups is 1. The third-order valence-electron chi connectivity index (χ3n) is 4.34. The Morgan fingerprint density at radius 1 is 0.955 bits per heavy atom. The van der Waals surface area contributed by atoms with Gasteiger partial charge in [0.15, 0.2) is 0 Å². The van der Waals surface area contributed by atoms with Crippen LogP contribution in [0.1, 0.15) is 36.3 Å². The second-order valence-electron chi connectivity index (χ2n) is 5.87. The summed E-state index contributed by atoms with van der Waals surface area (Å²) in [5, 5.41) is 13.0. The zero-order valence-electron chi connectivity index (χ0n) is 12.5. The third kappa shape index (κ3) is 3.20. The van der Waals surface area contributed by atoms with Crippen LogP contribution in [0.4, 0.5) is 0 Å². The highest BCUT2D eigenvalue weighted by atomic mass is 16.3. The number of hydrogen-bond acceptors (Lipinski definition) is 2. The predicted molar refractivity (Wildman–Crippen MR) is 86.5 cm³/mol. The van der Waals surface area contributed by atoms with E-state index in [1.165, 1.54) is 0 Å². The Hall–Kier alpha value is -2.13. The van der Waals surface area contributed by atoms with Gasteiger partial charge >= 0.3 is 0 Å². The second-order valence-corrected chi connectivity index (χ2v) is 5.87. The van der Waals surface area contributed by atoms with Gasteiger partial charge in [0.2, 0.25) is 5.91 Å². The fourth-order valence-corrected chi connectivity index (χ4v) is 3.16. The van der Waals surface area contributed by atoms with Crippen molar-refractivity contribution in [2.45, 2.75) is 37.3 Å². The summed E-state index contributed by atoms with van der Waals surface area (Å²) < 4.78 is 0. The molecule has 3 rings (SSSR count). The summed E-state index contributed by atoms with van der Waals surface area (Å²) in [7, 11) is 0. The van der Waals surface area contributed by atoms with Gasteiger partial charge in [0.25, 0.3) is 0 Å². The van der Waals surface area contributed by atoms with Crippen molar-refractivity contribution in [1.29, 1.82) is 0 Å². The molecule has 1 aliphatic rings. The minimum absolute atomic E-state index is 0.0386. The molecule has 22 heavy (non-hydrogen) atoms. The van der Waals surface area contributed by atoms with Crippen LogP contribution in [0, 0.1) is 0 Å². The fraction of sp³-hybridized carbons (Fsp3) is 0.316. The zero-order chi connectivity index (χ0) is 15.4. The van der Waals surface area contributed by atoms with E-state index in [1.807, 2.05) is 60.7 Å². The van der Waals surface area contributed by atoms with Crippen LogP contribution in [-0.4, -0.2) is 23.2 Å². The quantitative estimate of drug-likeness (QED) is 0.911. The van der Waals surface area contributed by atoms with Gasteiger partial charge in [0, 0.05) is 0 Å². The van der Waals surface area contributed by atoms with E-state index in [4.69, 9.17) is 0 Å². The van der Waals surface area contributed by atoms with Crippen LogP contribution in [0.3, 0.4) is 0 Å². The lowest BCUT2D eigenvalue weighted by molar-refractivity contribution is -0.123. The summed E-state index contributed by atoms with van der Waals surface area (Å²) >= 11 is 0. The molecule has 0 spiro atoms. The second kappa shape index (κ2) is 6.75. The molecule has 0 aliphatic heterocycles. The Kier molecular flexibility index (Phi) is 4.54. The van der Waals surface area contributed by atoms with E-state index < -0.39 is 6.10 Å². The molecule has 2 aromatic rings. The van der Waals surface area contributed by atoms with Gasteiger partial charge in [-0.25, -0.2) is 0 Å². The van der Waals surface area contributed by atoms with E-state index in [9.17, 15) is 9.90 Å². The minimum atomic E-state index is -0.420. The van der Waals surface area contributed by atoms with Gasteiger partial charge < -0.3 is 10.4 Å². The average molecular weight is 295 g/mol. The molecule has 0 radical (unpaired) electrons. The van der Waals surface area contributed by atoms with E-state index >= 15 is 0 Å². The van der Waals surface area contributed by atoms with Crippen molar-refractivity contribution < 1.29 is 9.90 Å². The lowest BCUT2D eigenvalue weighted by atomic mass is 9.90. The maximum Gasteiger partial charge on any atom is 0.232 e. The maximum absolute atomic E-state index is 12.8. The Bertz CT molecular complexity index is 572. The molecule has 2 atom stereocenters. The first kappa shape index (κ1) is 14.8. The molecular formula is C19H21NO2. The molecule has 1 aliphatic carbocycles. The highest BCUT2D eigenvalue weighted by Gasteiger charge is 2.30. The Morgan fingerprint density at radius 3 is 1.95 bits per heavy atom. The molecule has 3 nitrogen and oxygen atoms in total. The Morgan fingerprint density at radius 2 is 1.50 bits per heavy atom. The monoisotopic (exact) mass is 295 g/mol. The first-order valence-electron chi connectivity index (χ1n) is 7.84. The first-order chi connectivity index (χ1) is 10.8. The van der Waals surface area contributed by atoms with Gasteiger partial charge in [-0.3, -0.25) is 4.79 Å². The van der Waals surface area contributed by atoms with Crippen molar-refractivity contribution in [3.8, 4) is 0 Å². The lowest BCUT2D eigenvalue weighted by Gasteiger charge is -2.22. The smallest absolute Gasteiger partial charge is 0.232 e. The van der Waals surface area contributed by atoms with Gasteiger partial charge in [0.05, 0.1) is 18.1 Å². The minimum Gasteiger partial charge on any atom is -0.391 e. The summed E-state index contributed by atoms with van der Waals surface area (Å²) in [6, 6.07) is 19.5. The molecular weight excluding hydrogens is 274 g/mol. The topological polar surface area (TPSA) is 49.3 Å². The number of rotatable bonds is 4. The Labute approximate surface area is 131 Å². The molecule has 114 valence electrons.